The summed E-state index contributed by atoms with van der Waals surface area (Å²) in [6.45, 7) is 6.83. The zero-order valence-corrected chi connectivity index (χ0v) is 12.7. The minimum atomic E-state index is 0.591. The Morgan fingerprint density at radius 3 is 2.67 bits per heavy atom. The summed E-state index contributed by atoms with van der Waals surface area (Å²) in [7, 11) is 4.49. The first-order valence-electron chi connectivity index (χ1n) is 7.76. The molecule has 18 heavy (non-hydrogen) atoms. The third kappa shape index (κ3) is 5.68. The molecule has 1 fully saturated rings. The molecule has 0 saturated carbocycles. The molecule has 1 aliphatic heterocycles. The number of hydrogen-bond acceptors (Lipinski definition) is 3. The molecule has 0 bridgehead atoms. The van der Waals surface area contributed by atoms with Crippen LogP contribution in [0.4, 0.5) is 0 Å². The Morgan fingerprint density at radius 1 is 1.33 bits per heavy atom. The van der Waals surface area contributed by atoms with Crippen molar-refractivity contribution in [2.75, 3.05) is 40.3 Å². The minimum Gasteiger partial charge on any atom is -0.329 e. The highest BCUT2D eigenvalue weighted by Crippen LogP contribution is 2.17. The topological polar surface area (TPSA) is 32.5 Å². The quantitative estimate of drug-likeness (QED) is 0.641. The van der Waals surface area contributed by atoms with Crippen molar-refractivity contribution in [3.8, 4) is 0 Å². The van der Waals surface area contributed by atoms with Crippen LogP contribution < -0.4 is 5.73 Å². The Kier molecular flexibility index (Phi) is 7.87. The summed E-state index contributed by atoms with van der Waals surface area (Å²) in [4.78, 5) is 4.95. The molecule has 0 amide bonds. The monoisotopic (exact) mass is 255 g/mol. The second-order valence-electron chi connectivity index (χ2n) is 6.10. The van der Waals surface area contributed by atoms with Crippen molar-refractivity contribution in [1.29, 1.82) is 0 Å². The van der Waals surface area contributed by atoms with Crippen LogP contribution in [0.2, 0.25) is 0 Å². The lowest BCUT2D eigenvalue weighted by atomic mass is 10.0. The molecule has 0 aromatic rings. The molecule has 0 aliphatic carbocycles. The molecular weight excluding hydrogens is 222 g/mol. The number of nitrogens with two attached hydrogens (primary N) is 1. The van der Waals surface area contributed by atoms with Gasteiger partial charge >= 0.3 is 0 Å². The number of likely N-dealkylation sites (N-methyl/N-ethyl adjacent to an activating group) is 1. The van der Waals surface area contributed by atoms with Gasteiger partial charge < -0.3 is 15.5 Å². The van der Waals surface area contributed by atoms with E-state index in [-0.39, 0.29) is 0 Å². The molecule has 0 aromatic carbocycles. The maximum atomic E-state index is 5.94. The molecule has 2 unspecified atom stereocenters. The van der Waals surface area contributed by atoms with Crippen molar-refractivity contribution in [3.63, 3.8) is 0 Å². The van der Waals surface area contributed by atoms with E-state index in [9.17, 15) is 0 Å². The van der Waals surface area contributed by atoms with Crippen LogP contribution in [0, 0.1) is 5.92 Å². The number of nitrogens with zero attached hydrogens (tertiary/aromatic N) is 2. The highest BCUT2D eigenvalue weighted by atomic mass is 15.2. The molecule has 2 atom stereocenters. The van der Waals surface area contributed by atoms with Gasteiger partial charge in [-0.1, -0.05) is 32.6 Å². The molecule has 1 saturated heterocycles. The number of likely N-dealkylation sites (tertiary alicyclic amines) is 1. The first-order valence-corrected chi connectivity index (χ1v) is 7.76. The van der Waals surface area contributed by atoms with Crippen molar-refractivity contribution in [1.82, 2.24) is 9.80 Å². The summed E-state index contributed by atoms with van der Waals surface area (Å²) in [6.07, 6.45) is 8.02. The summed E-state index contributed by atoms with van der Waals surface area (Å²) >= 11 is 0. The first kappa shape index (κ1) is 15.9. The summed E-state index contributed by atoms with van der Waals surface area (Å²) in [5.74, 6) is 0.852. The average Bonchev–Trinajstić information content (AvgIpc) is 2.75. The largest absolute Gasteiger partial charge is 0.329 e. The fourth-order valence-corrected chi connectivity index (χ4v) is 3.06. The van der Waals surface area contributed by atoms with Gasteiger partial charge in [0, 0.05) is 25.7 Å². The second-order valence-corrected chi connectivity index (χ2v) is 6.10. The van der Waals surface area contributed by atoms with Gasteiger partial charge in [-0.3, -0.25) is 0 Å². The lowest BCUT2D eigenvalue weighted by molar-refractivity contribution is 0.198. The number of unbranched alkanes of at least 4 members (excludes halogenated alkanes) is 3. The Morgan fingerprint density at radius 2 is 2.11 bits per heavy atom. The molecule has 0 radical (unpaired) electrons. The van der Waals surface area contributed by atoms with Crippen LogP contribution in [-0.4, -0.2) is 56.1 Å². The average molecular weight is 255 g/mol. The van der Waals surface area contributed by atoms with E-state index in [4.69, 9.17) is 5.73 Å². The molecule has 1 aliphatic rings. The van der Waals surface area contributed by atoms with Crippen molar-refractivity contribution in [2.45, 2.75) is 51.5 Å². The van der Waals surface area contributed by atoms with Gasteiger partial charge in [0.1, 0.15) is 0 Å². The summed E-state index contributed by atoms with van der Waals surface area (Å²) in [6, 6.07) is 0.591. The van der Waals surface area contributed by atoms with Gasteiger partial charge in [0.15, 0.2) is 0 Å². The zero-order valence-electron chi connectivity index (χ0n) is 12.7. The fourth-order valence-electron chi connectivity index (χ4n) is 3.06. The van der Waals surface area contributed by atoms with E-state index < -0.39 is 0 Å². The van der Waals surface area contributed by atoms with Crippen molar-refractivity contribution in [2.24, 2.45) is 11.7 Å². The summed E-state index contributed by atoms with van der Waals surface area (Å²) in [5.41, 5.74) is 5.94. The van der Waals surface area contributed by atoms with Gasteiger partial charge in [-0.2, -0.15) is 0 Å². The molecule has 1 rings (SSSR count). The summed E-state index contributed by atoms with van der Waals surface area (Å²) < 4.78 is 0. The van der Waals surface area contributed by atoms with Gasteiger partial charge in [-0.05, 0) is 39.4 Å². The standard InChI is InChI=1S/C15H33N3/c1-4-5-6-7-8-15(11-16)18(3)13-14-9-10-17(2)12-14/h14-15H,4-13,16H2,1-3H3. The smallest absolute Gasteiger partial charge is 0.0215 e. The van der Waals surface area contributed by atoms with Crippen LogP contribution >= 0.6 is 0 Å². The predicted octanol–water partition coefficient (Wildman–Crippen LogP) is 2.17. The molecule has 3 nitrogen and oxygen atoms in total. The lowest BCUT2D eigenvalue weighted by Gasteiger charge is -2.29. The third-order valence-corrected chi connectivity index (χ3v) is 4.32. The van der Waals surface area contributed by atoms with E-state index in [1.54, 1.807) is 0 Å². The van der Waals surface area contributed by atoms with Crippen LogP contribution in [0.5, 0.6) is 0 Å². The highest BCUT2D eigenvalue weighted by Gasteiger charge is 2.23. The van der Waals surface area contributed by atoms with Crippen LogP contribution in [0.25, 0.3) is 0 Å². The van der Waals surface area contributed by atoms with Crippen LogP contribution in [0.3, 0.4) is 0 Å². The first-order chi connectivity index (χ1) is 8.67. The molecule has 108 valence electrons. The Bertz CT molecular complexity index is 208. The fraction of sp³-hybridized carbons (Fsp3) is 1.00. The molecule has 1 heterocycles. The SMILES string of the molecule is CCCCCCC(CN)N(C)CC1CCN(C)C1. The Labute approximate surface area is 114 Å². The molecule has 3 heteroatoms. The van der Waals surface area contributed by atoms with Crippen molar-refractivity contribution in [3.05, 3.63) is 0 Å². The molecule has 0 spiro atoms. The van der Waals surface area contributed by atoms with Crippen molar-refractivity contribution >= 4 is 0 Å². The van der Waals surface area contributed by atoms with E-state index >= 15 is 0 Å². The Hall–Kier alpha value is -0.120. The van der Waals surface area contributed by atoms with Gasteiger partial charge in [0.05, 0.1) is 0 Å². The Balaban J connectivity index is 2.21. The van der Waals surface area contributed by atoms with E-state index in [2.05, 4.69) is 30.8 Å². The second kappa shape index (κ2) is 8.89. The van der Waals surface area contributed by atoms with Gasteiger partial charge in [0.2, 0.25) is 0 Å². The molecule has 2 N–H and O–H groups in total. The number of hydrogen-bond donors (Lipinski definition) is 1. The lowest BCUT2D eigenvalue weighted by Crippen LogP contribution is -2.41. The van der Waals surface area contributed by atoms with E-state index in [1.807, 2.05) is 0 Å². The van der Waals surface area contributed by atoms with Crippen molar-refractivity contribution < 1.29 is 0 Å². The van der Waals surface area contributed by atoms with Crippen LogP contribution in [-0.2, 0) is 0 Å². The zero-order chi connectivity index (χ0) is 13.4. The molecule has 0 aromatic heterocycles. The van der Waals surface area contributed by atoms with Gasteiger partial charge in [-0.25, -0.2) is 0 Å². The van der Waals surface area contributed by atoms with E-state index in [0.29, 0.717) is 6.04 Å². The highest BCUT2D eigenvalue weighted by molar-refractivity contribution is 4.78. The van der Waals surface area contributed by atoms with E-state index in [0.717, 1.165) is 12.5 Å². The maximum Gasteiger partial charge on any atom is 0.0215 e. The number of rotatable bonds is 9. The minimum absolute atomic E-state index is 0.591. The van der Waals surface area contributed by atoms with Crippen LogP contribution in [0.1, 0.15) is 45.4 Å². The van der Waals surface area contributed by atoms with E-state index in [1.165, 1.54) is 58.2 Å². The molecular formula is C15H33N3. The maximum absolute atomic E-state index is 5.94. The normalized spacial score (nSPS) is 22.8. The summed E-state index contributed by atoms with van der Waals surface area (Å²) in [5, 5.41) is 0. The van der Waals surface area contributed by atoms with Gasteiger partial charge in [0.25, 0.3) is 0 Å². The van der Waals surface area contributed by atoms with Gasteiger partial charge in [-0.15, -0.1) is 0 Å². The third-order valence-electron chi connectivity index (χ3n) is 4.32. The van der Waals surface area contributed by atoms with Crippen LogP contribution in [0.15, 0.2) is 0 Å². The predicted molar refractivity (Wildman–Crippen MR) is 79.8 cm³/mol.